The molecule has 8 heteroatoms. The zero-order valence-corrected chi connectivity index (χ0v) is 14.9. The quantitative estimate of drug-likeness (QED) is 0.755. The first kappa shape index (κ1) is 18.6. The second kappa shape index (κ2) is 7.87. The van der Waals surface area contributed by atoms with Crippen LogP contribution in [0.4, 0.5) is 0 Å². The standard InChI is InChI=1S/C17H23N3O5/c1-5-24-15(22)11-10-14(21)18-20-16(19-25-17(20,2)3)12-8-6-7-9-13(12)23-4/h6-9H,5,10-11H2,1-4H3,(H,18,21). The van der Waals surface area contributed by atoms with Crippen LogP contribution in [0.15, 0.2) is 29.4 Å². The summed E-state index contributed by atoms with van der Waals surface area (Å²) in [5.41, 5.74) is 2.54. The van der Waals surface area contributed by atoms with Gasteiger partial charge in [-0.1, -0.05) is 17.3 Å². The molecule has 0 atom stereocenters. The Hall–Kier alpha value is -2.77. The monoisotopic (exact) mass is 349 g/mol. The van der Waals surface area contributed by atoms with Gasteiger partial charge >= 0.3 is 5.97 Å². The molecule has 136 valence electrons. The summed E-state index contributed by atoms with van der Waals surface area (Å²) in [5.74, 6) is 0.280. The van der Waals surface area contributed by atoms with E-state index in [-0.39, 0.29) is 25.4 Å². The maximum Gasteiger partial charge on any atom is 0.306 e. The van der Waals surface area contributed by atoms with Crippen LogP contribution < -0.4 is 10.2 Å². The number of para-hydroxylation sites is 1. The van der Waals surface area contributed by atoms with Gasteiger partial charge in [0.05, 0.1) is 25.7 Å². The van der Waals surface area contributed by atoms with Crippen molar-refractivity contribution in [3.63, 3.8) is 0 Å². The predicted molar refractivity (Wildman–Crippen MR) is 90.5 cm³/mol. The van der Waals surface area contributed by atoms with Gasteiger partial charge in [0.2, 0.25) is 17.5 Å². The summed E-state index contributed by atoms with van der Waals surface area (Å²) in [6.07, 6.45) is 0.0144. The zero-order valence-electron chi connectivity index (χ0n) is 14.9. The van der Waals surface area contributed by atoms with Crippen molar-refractivity contribution < 1.29 is 23.9 Å². The lowest BCUT2D eigenvalue weighted by molar-refractivity contribution is -0.146. The summed E-state index contributed by atoms with van der Waals surface area (Å²) in [6.45, 7) is 5.55. The molecule has 1 aromatic rings. The number of hydrazine groups is 1. The van der Waals surface area contributed by atoms with E-state index in [1.165, 1.54) is 5.01 Å². The average molecular weight is 349 g/mol. The van der Waals surface area contributed by atoms with Gasteiger partial charge < -0.3 is 14.3 Å². The SMILES string of the molecule is CCOC(=O)CCC(=O)NN1C(c2ccccc2OC)=NOC1(C)C. The van der Waals surface area contributed by atoms with E-state index >= 15 is 0 Å². The Morgan fingerprint density at radius 3 is 2.68 bits per heavy atom. The lowest BCUT2D eigenvalue weighted by Crippen LogP contribution is -2.54. The number of methoxy groups -OCH3 is 1. The van der Waals surface area contributed by atoms with E-state index in [1.54, 1.807) is 33.9 Å². The summed E-state index contributed by atoms with van der Waals surface area (Å²) in [7, 11) is 1.56. The molecule has 1 aromatic carbocycles. The number of hydrogen-bond acceptors (Lipinski definition) is 7. The smallest absolute Gasteiger partial charge is 0.306 e. The molecule has 0 saturated heterocycles. The number of nitrogens with one attached hydrogen (secondary N) is 1. The normalized spacial score (nSPS) is 15.2. The molecule has 0 unspecified atom stereocenters. The first-order chi connectivity index (χ1) is 11.9. The zero-order chi connectivity index (χ0) is 18.4. The first-order valence-electron chi connectivity index (χ1n) is 8.04. The van der Waals surface area contributed by atoms with Crippen LogP contribution >= 0.6 is 0 Å². The summed E-state index contributed by atoms with van der Waals surface area (Å²) in [6, 6.07) is 7.29. The van der Waals surface area contributed by atoms with Crippen molar-refractivity contribution in [1.82, 2.24) is 10.4 Å². The Morgan fingerprint density at radius 1 is 1.28 bits per heavy atom. The van der Waals surface area contributed by atoms with E-state index in [2.05, 4.69) is 10.6 Å². The molecule has 0 saturated carbocycles. The van der Waals surface area contributed by atoms with Gasteiger partial charge in [-0.2, -0.15) is 0 Å². The Bertz CT molecular complexity index is 672. The molecule has 1 heterocycles. The number of benzene rings is 1. The molecule has 1 N–H and O–H groups in total. The Balaban J connectivity index is 2.12. The molecule has 0 aromatic heterocycles. The Labute approximate surface area is 146 Å². The van der Waals surface area contributed by atoms with Crippen molar-refractivity contribution in [3.05, 3.63) is 29.8 Å². The highest BCUT2D eigenvalue weighted by Gasteiger charge is 2.40. The van der Waals surface area contributed by atoms with E-state index in [9.17, 15) is 9.59 Å². The number of rotatable bonds is 7. The second-order valence-electron chi connectivity index (χ2n) is 5.83. The lowest BCUT2D eigenvalue weighted by Gasteiger charge is -2.31. The van der Waals surface area contributed by atoms with Crippen LogP contribution in [0.1, 0.15) is 39.2 Å². The molecule has 0 bridgehead atoms. The first-order valence-corrected chi connectivity index (χ1v) is 8.04. The fraction of sp³-hybridized carbons (Fsp3) is 0.471. The van der Waals surface area contributed by atoms with E-state index < -0.39 is 11.7 Å². The second-order valence-corrected chi connectivity index (χ2v) is 5.83. The molecule has 2 rings (SSSR count). The maximum absolute atomic E-state index is 12.2. The molecule has 1 amide bonds. The van der Waals surface area contributed by atoms with E-state index in [1.807, 2.05) is 18.2 Å². The van der Waals surface area contributed by atoms with E-state index in [4.69, 9.17) is 14.3 Å². The van der Waals surface area contributed by atoms with Gasteiger partial charge in [0, 0.05) is 6.42 Å². The van der Waals surface area contributed by atoms with Gasteiger partial charge in [0.15, 0.2) is 0 Å². The van der Waals surface area contributed by atoms with Crippen molar-refractivity contribution in [2.24, 2.45) is 5.16 Å². The molecule has 0 radical (unpaired) electrons. The minimum Gasteiger partial charge on any atom is -0.496 e. The molecule has 1 aliphatic heterocycles. The van der Waals surface area contributed by atoms with Crippen LogP contribution in [0.25, 0.3) is 0 Å². The summed E-state index contributed by atoms with van der Waals surface area (Å²) in [5, 5.41) is 5.61. The minimum atomic E-state index is -0.879. The van der Waals surface area contributed by atoms with Gasteiger partial charge in [-0.25, -0.2) is 5.01 Å². The molecule has 25 heavy (non-hydrogen) atoms. The number of ether oxygens (including phenoxy) is 2. The number of carbonyl (C=O) groups excluding carboxylic acids is 2. The Morgan fingerprint density at radius 2 is 2.00 bits per heavy atom. The molecular weight excluding hydrogens is 326 g/mol. The highest BCUT2D eigenvalue weighted by Crippen LogP contribution is 2.29. The van der Waals surface area contributed by atoms with Crippen LogP contribution in [0, 0.1) is 0 Å². The molecule has 0 aliphatic carbocycles. The van der Waals surface area contributed by atoms with Crippen LogP contribution in [-0.2, 0) is 19.2 Å². The summed E-state index contributed by atoms with van der Waals surface area (Å²) < 4.78 is 10.2. The van der Waals surface area contributed by atoms with Gasteiger partial charge in [-0.05, 0) is 32.9 Å². The molecule has 8 nitrogen and oxygen atoms in total. The predicted octanol–water partition coefficient (Wildman–Crippen LogP) is 1.80. The van der Waals surface area contributed by atoms with Crippen LogP contribution in [0.2, 0.25) is 0 Å². The van der Waals surface area contributed by atoms with E-state index in [0.29, 0.717) is 17.1 Å². The third-order valence-corrected chi connectivity index (χ3v) is 3.55. The number of nitrogens with zero attached hydrogens (tertiary/aromatic N) is 2. The fourth-order valence-electron chi connectivity index (χ4n) is 2.31. The molecular formula is C17H23N3O5. The number of amidine groups is 1. The van der Waals surface area contributed by atoms with E-state index in [0.717, 1.165) is 0 Å². The number of oxime groups is 1. The van der Waals surface area contributed by atoms with Gasteiger partial charge in [0.1, 0.15) is 5.75 Å². The van der Waals surface area contributed by atoms with Crippen molar-refractivity contribution in [2.75, 3.05) is 13.7 Å². The summed E-state index contributed by atoms with van der Waals surface area (Å²) >= 11 is 0. The maximum atomic E-state index is 12.2. The number of carbonyl (C=O) groups is 2. The lowest BCUT2D eigenvalue weighted by atomic mass is 10.1. The minimum absolute atomic E-state index is 0.00458. The van der Waals surface area contributed by atoms with Crippen molar-refractivity contribution in [2.45, 2.75) is 39.3 Å². The molecule has 0 fully saturated rings. The Kier molecular flexibility index (Phi) is 5.84. The summed E-state index contributed by atoms with van der Waals surface area (Å²) in [4.78, 5) is 29.1. The van der Waals surface area contributed by atoms with Crippen molar-refractivity contribution in [1.29, 1.82) is 0 Å². The van der Waals surface area contributed by atoms with Crippen LogP contribution in [-0.4, -0.2) is 42.2 Å². The van der Waals surface area contributed by atoms with Crippen molar-refractivity contribution in [3.8, 4) is 5.75 Å². The largest absolute Gasteiger partial charge is 0.496 e. The topological polar surface area (TPSA) is 89.5 Å². The highest BCUT2D eigenvalue weighted by molar-refractivity contribution is 6.02. The average Bonchev–Trinajstić information content (AvgIpc) is 2.88. The van der Waals surface area contributed by atoms with Gasteiger partial charge in [0.25, 0.3) is 0 Å². The van der Waals surface area contributed by atoms with Gasteiger partial charge in [-0.3, -0.25) is 15.0 Å². The van der Waals surface area contributed by atoms with Crippen LogP contribution in [0.5, 0.6) is 5.75 Å². The third-order valence-electron chi connectivity index (χ3n) is 3.55. The number of esters is 1. The fourth-order valence-corrected chi connectivity index (χ4v) is 2.31. The highest BCUT2D eigenvalue weighted by atomic mass is 16.7. The van der Waals surface area contributed by atoms with Gasteiger partial charge in [-0.15, -0.1) is 0 Å². The number of hydrogen-bond donors (Lipinski definition) is 1. The molecule has 0 spiro atoms. The van der Waals surface area contributed by atoms with Crippen LogP contribution in [0.3, 0.4) is 0 Å². The number of amides is 1. The molecule has 1 aliphatic rings. The van der Waals surface area contributed by atoms with Crippen molar-refractivity contribution >= 4 is 17.7 Å². The third kappa shape index (κ3) is 4.40.